The average molecular weight is 685 g/mol. The van der Waals surface area contributed by atoms with Crippen LogP contribution in [0.15, 0.2) is 0 Å². The van der Waals surface area contributed by atoms with Crippen molar-refractivity contribution >= 4 is 40.4 Å². The second-order valence-corrected chi connectivity index (χ2v) is 17.5. The van der Waals surface area contributed by atoms with Crippen molar-refractivity contribution in [3.63, 3.8) is 0 Å². The summed E-state index contributed by atoms with van der Waals surface area (Å²) < 4.78 is 226. The molecule has 0 aliphatic heterocycles. The topological polar surface area (TPSA) is 55.4 Å². The molecule has 0 amide bonds. The highest BCUT2D eigenvalue weighted by molar-refractivity contribution is 9.36. The van der Waals surface area contributed by atoms with Crippen molar-refractivity contribution in [2.24, 2.45) is 0 Å². The smallest absolute Gasteiger partial charge is 0.370 e. The largest absolute Gasteiger partial charge is 0.525 e. The molecule has 0 aliphatic carbocycles. The first-order valence-electron chi connectivity index (χ1n) is 8.80. The minimum absolute atomic E-state index is 0.365. The maximum Gasteiger partial charge on any atom is 0.525 e. The Hall–Kier alpha value is 0.0500. The van der Waals surface area contributed by atoms with E-state index in [0.717, 1.165) is 6.92 Å². The Morgan fingerprint density at radius 3 is 1.71 bits per heavy atom. The maximum absolute atomic E-state index is 14.9. The van der Waals surface area contributed by atoms with Crippen LogP contribution in [0.4, 0.5) is 65.9 Å². The summed E-state index contributed by atoms with van der Waals surface area (Å²) in [6, 6.07) is 0. The van der Waals surface area contributed by atoms with E-state index in [4.69, 9.17) is 0 Å². The third kappa shape index (κ3) is 8.30. The van der Waals surface area contributed by atoms with Crippen LogP contribution in [0.3, 0.4) is 0 Å². The highest BCUT2D eigenvalue weighted by Gasteiger charge is 2.88. The summed E-state index contributed by atoms with van der Waals surface area (Å²) in [6.45, 7) is -10.6. The Morgan fingerprint density at radius 2 is 1.39 bits per heavy atom. The molecule has 0 N–H and O–H groups in total. The summed E-state index contributed by atoms with van der Waals surface area (Å²) in [5, 5.41) is -12.2. The van der Waals surface area contributed by atoms with Gasteiger partial charge in [0, 0.05) is 17.4 Å². The van der Waals surface area contributed by atoms with Crippen molar-refractivity contribution in [3.05, 3.63) is 0 Å². The Balaban J connectivity index is 8.13. The molecule has 234 valence electrons. The molecular weight excluding hydrogens is 669 g/mol. The fourth-order valence-corrected chi connectivity index (χ4v) is 12.8. The van der Waals surface area contributed by atoms with E-state index >= 15 is 0 Å². The highest BCUT2D eigenvalue weighted by atomic mass is 35.5. The van der Waals surface area contributed by atoms with Crippen molar-refractivity contribution in [2.75, 3.05) is 32.9 Å². The first-order valence-corrected chi connectivity index (χ1v) is 14.2. The normalized spacial score (nSPS) is 18.0. The van der Waals surface area contributed by atoms with E-state index < -0.39 is 96.1 Å². The van der Waals surface area contributed by atoms with Gasteiger partial charge in [-0.25, -0.2) is 13.5 Å². The summed E-state index contributed by atoms with van der Waals surface area (Å²) in [7, 11) is -13.7. The third-order valence-electron chi connectivity index (χ3n) is 3.46. The number of hydrogen-bond donors (Lipinski definition) is 0. The van der Waals surface area contributed by atoms with Crippen molar-refractivity contribution in [1.82, 2.24) is 0 Å². The predicted octanol–water partition coefficient (Wildman–Crippen LogP) is 8.19. The van der Waals surface area contributed by atoms with Crippen LogP contribution in [0.25, 0.3) is 0 Å². The van der Waals surface area contributed by atoms with E-state index in [1.165, 1.54) is 0 Å². The van der Waals surface area contributed by atoms with Crippen LogP contribution in [0.1, 0.15) is 6.92 Å². The SMILES string of the molecule is CCOCSS(OC)(OCC(F)F)(OCC(F)(F)F)(SC(OC(F)F)(OC(F)(F)F)C(F)(F)Cl)C(F)(F)F. The molecule has 0 aromatic rings. The summed E-state index contributed by atoms with van der Waals surface area (Å²) in [5.41, 5.74) is -7.00. The monoisotopic (exact) mass is 684 g/mol. The Morgan fingerprint density at radius 1 is 0.868 bits per heavy atom. The molecule has 6 nitrogen and oxygen atoms in total. The first-order chi connectivity index (χ1) is 16.7. The molecule has 0 saturated carbocycles. The van der Waals surface area contributed by atoms with Gasteiger partial charge in [-0.15, -0.1) is 13.2 Å². The van der Waals surface area contributed by atoms with Crippen LogP contribution in [0.2, 0.25) is 0 Å². The summed E-state index contributed by atoms with van der Waals surface area (Å²) >= 11 is 4.39. The van der Waals surface area contributed by atoms with Gasteiger partial charge in [0.15, 0.2) is 6.61 Å². The second kappa shape index (κ2) is 12.1. The molecule has 0 aromatic heterocycles. The van der Waals surface area contributed by atoms with Gasteiger partial charge in [0.25, 0.3) is 6.43 Å². The van der Waals surface area contributed by atoms with Gasteiger partial charge in [-0.1, -0.05) is 0 Å². The number of hydrogen-bond acceptors (Lipinski definition) is 8. The molecule has 1 atom stereocenters. The molecule has 0 aromatic carbocycles. The molecule has 0 heterocycles. The Kier molecular flexibility index (Phi) is 12.1. The van der Waals surface area contributed by atoms with Crippen LogP contribution in [-0.4, -0.2) is 74.5 Å². The molecule has 0 fully saturated rings. The van der Waals surface area contributed by atoms with Gasteiger partial charge in [0.1, 0.15) is 19.7 Å². The molecule has 0 rings (SSSR count). The van der Waals surface area contributed by atoms with Gasteiger partial charge < -0.3 is 4.74 Å². The van der Waals surface area contributed by atoms with E-state index in [1.54, 1.807) is 0 Å². The molecule has 0 aliphatic rings. The molecule has 25 heteroatoms. The molecule has 0 radical (unpaired) electrons. The summed E-state index contributed by atoms with van der Waals surface area (Å²) in [6.07, 6.45) is -16.8. The molecule has 38 heavy (non-hydrogen) atoms. The van der Waals surface area contributed by atoms with Crippen molar-refractivity contribution in [1.29, 1.82) is 0 Å². The minimum Gasteiger partial charge on any atom is -0.370 e. The van der Waals surface area contributed by atoms with E-state index in [0.29, 0.717) is 0 Å². The van der Waals surface area contributed by atoms with E-state index in [-0.39, 0.29) is 7.11 Å². The molecule has 0 saturated heterocycles. The standard InChI is InChI=1S/C13H16ClF15O6S3/c1-3-31-6-36-38(30-2,13(27,28)29,32-4-7(15)16,33-5-9(19,20)21)37-11(10(14,22)23,34-8(17)18)35-12(24,25)26/h7-8H,3-6H2,1-2H3. The quantitative estimate of drug-likeness (QED) is 0.0531. The van der Waals surface area contributed by atoms with Crippen LogP contribution in [-0.2, 0) is 26.8 Å². The lowest BCUT2D eigenvalue weighted by molar-refractivity contribution is -0.432. The first kappa shape index (κ1) is 38.0. The number of rotatable bonds is 16. The van der Waals surface area contributed by atoms with Crippen LogP contribution < -0.4 is 0 Å². The molecule has 0 spiro atoms. The molecule has 0 bridgehead atoms. The Labute approximate surface area is 214 Å². The van der Waals surface area contributed by atoms with Crippen LogP contribution in [0, 0.1) is 0 Å². The van der Waals surface area contributed by atoms with Gasteiger partial charge in [-0.2, -0.15) is 43.9 Å². The van der Waals surface area contributed by atoms with Crippen LogP contribution in [0.5, 0.6) is 0 Å². The lowest BCUT2D eigenvalue weighted by Gasteiger charge is -2.73. The van der Waals surface area contributed by atoms with Gasteiger partial charge in [0.05, 0.1) is 7.11 Å². The van der Waals surface area contributed by atoms with E-state index in [9.17, 15) is 65.9 Å². The third-order valence-corrected chi connectivity index (χ3v) is 16.6. The number of ether oxygens (including phenoxy) is 3. The van der Waals surface area contributed by atoms with Gasteiger partial charge in [0.2, 0.25) is 0 Å². The predicted molar refractivity (Wildman–Crippen MR) is 104 cm³/mol. The van der Waals surface area contributed by atoms with Crippen LogP contribution >= 0.6 is 40.4 Å². The van der Waals surface area contributed by atoms with Crippen molar-refractivity contribution < 1.29 is 92.6 Å². The molecular formula is C13H16ClF15O6S3. The fourth-order valence-electron chi connectivity index (χ4n) is 2.04. The zero-order valence-electron chi connectivity index (χ0n) is 18.2. The highest BCUT2D eigenvalue weighted by Crippen LogP contribution is 3.13. The maximum atomic E-state index is 14.9. The summed E-state index contributed by atoms with van der Waals surface area (Å²) in [5.74, 6) is -1.76. The van der Waals surface area contributed by atoms with Gasteiger partial charge >= 0.3 is 35.2 Å². The van der Waals surface area contributed by atoms with E-state index in [1.807, 2.05) is 0 Å². The van der Waals surface area contributed by atoms with Gasteiger partial charge in [-0.05, 0) is 29.3 Å². The Bertz CT molecular complexity index is 784. The summed E-state index contributed by atoms with van der Waals surface area (Å²) in [4.78, 5) is 0. The van der Waals surface area contributed by atoms with Gasteiger partial charge in [-0.3, -0.25) is 17.3 Å². The fraction of sp³-hybridized carbons (Fsp3) is 1.00. The zero-order valence-corrected chi connectivity index (χ0v) is 21.4. The van der Waals surface area contributed by atoms with Crippen molar-refractivity contribution in [3.8, 4) is 0 Å². The zero-order chi connectivity index (χ0) is 30.5. The number of halogens is 16. The lowest BCUT2D eigenvalue weighted by atomic mass is 10.6. The molecule has 1 unspecified atom stereocenters. The second-order valence-electron chi connectivity index (χ2n) is 6.05. The van der Waals surface area contributed by atoms with Crippen molar-refractivity contribution in [2.45, 2.75) is 48.5 Å². The number of alkyl halides is 16. The lowest BCUT2D eigenvalue weighted by Crippen LogP contribution is -2.59. The average Bonchev–Trinajstić information content (AvgIpc) is 2.67. The van der Waals surface area contributed by atoms with E-state index in [2.05, 4.69) is 38.4 Å². The minimum atomic E-state index is -9.34.